The zero-order chi connectivity index (χ0) is 12.3. The van der Waals surface area contributed by atoms with Crippen LogP contribution >= 0.6 is 22.9 Å². The first-order valence-electron chi connectivity index (χ1n) is 4.88. The van der Waals surface area contributed by atoms with Gasteiger partial charge >= 0.3 is 0 Å². The lowest BCUT2D eigenvalue weighted by Gasteiger charge is -2.05. The van der Waals surface area contributed by atoms with E-state index in [-0.39, 0.29) is 5.91 Å². The van der Waals surface area contributed by atoms with E-state index in [4.69, 9.17) is 17.3 Å². The Morgan fingerprint density at radius 2 is 2.29 bits per heavy atom. The quantitative estimate of drug-likeness (QED) is 0.897. The molecule has 6 heteroatoms. The molecule has 0 aliphatic heterocycles. The summed E-state index contributed by atoms with van der Waals surface area (Å²) in [6, 6.07) is 5.27. The summed E-state index contributed by atoms with van der Waals surface area (Å²) < 4.78 is 0.704. The lowest BCUT2D eigenvalue weighted by molar-refractivity contribution is 0.0952. The van der Waals surface area contributed by atoms with Crippen LogP contribution in [0.25, 0.3) is 0 Å². The molecule has 0 aliphatic carbocycles. The summed E-state index contributed by atoms with van der Waals surface area (Å²) in [7, 11) is 0. The van der Waals surface area contributed by atoms with Gasteiger partial charge in [0.2, 0.25) is 0 Å². The Kier molecular flexibility index (Phi) is 3.61. The number of amides is 1. The third-order valence-corrected chi connectivity index (χ3v) is 3.38. The predicted molar refractivity (Wildman–Crippen MR) is 69.1 cm³/mol. The monoisotopic (exact) mass is 267 g/mol. The Balaban J connectivity index is 2.01. The smallest absolute Gasteiger partial charge is 0.255 e. The first-order chi connectivity index (χ1) is 8.16. The minimum atomic E-state index is -0.236. The molecule has 0 unspecified atom stereocenters. The Bertz CT molecular complexity index is 541. The Hall–Kier alpha value is -1.59. The normalized spacial score (nSPS) is 10.2. The molecule has 0 spiro atoms. The van der Waals surface area contributed by atoms with Crippen LogP contribution in [0.15, 0.2) is 30.6 Å². The van der Waals surface area contributed by atoms with Crippen molar-refractivity contribution in [3.8, 4) is 0 Å². The van der Waals surface area contributed by atoms with E-state index in [0.717, 1.165) is 4.88 Å². The van der Waals surface area contributed by atoms with Crippen LogP contribution in [0, 0.1) is 0 Å². The van der Waals surface area contributed by atoms with Crippen LogP contribution in [0.2, 0.25) is 4.34 Å². The summed E-state index contributed by atoms with van der Waals surface area (Å²) in [5, 5.41) is 2.76. The molecule has 88 valence electrons. The number of carbonyl (C=O) groups is 1. The Morgan fingerprint density at radius 1 is 1.47 bits per heavy atom. The van der Waals surface area contributed by atoms with Crippen molar-refractivity contribution in [1.82, 2.24) is 10.3 Å². The summed E-state index contributed by atoms with van der Waals surface area (Å²) >= 11 is 7.23. The molecule has 1 amide bonds. The van der Waals surface area contributed by atoms with E-state index >= 15 is 0 Å². The molecule has 3 N–H and O–H groups in total. The number of nitrogens with zero attached hydrogens (tertiary/aromatic N) is 1. The number of hydrogen-bond acceptors (Lipinski definition) is 4. The number of thiophene rings is 1. The second kappa shape index (κ2) is 5.16. The predicted octanol–water partition coefficient (Wildman–Crippen LogP) is 2.31. The van der Waals surface area contributed by atoms with E-state index in [9.17, 15) is 4.79 Å². The summed E-state index contributed by atoms with van der Waals surface area (Å²) in [6.45, 7) is 0.435. The van der Waals surface area contributed by atoms with Gasteiger partial charge in [-0.05, 0) is 18.2 Å². The maximum atomic E-state index is 11.8. The van der Waals surface area contributed by atoms with Gasteiger partial charge in [-0.1, -0.05) is 11.6 Å². The molecule has 2 rings (SSSR count). The zero-order valence-corrected chi connectivity index (χ0v) is 10.4. The minimum Gasteiger partial charge on any atom is -0.398 e. The van der Waals surface area contributed by atoms with Gasteiger partial charge < -0.3 is 11.1 Å². The number of pyridine rings is 1. The number of nitrogen functional groups attached to an aromatic ring is 1. The van der Waals surface area contributed by atoms with Crippen LogP contribution in [0.4, 0.5) is 5.69 Å². The van der Waals surface area contributed by atoms with Crippen LogP contribution in [-0.2, 0) is 6.54 Å². The fourth-order valence-corrected chi connectivity index (χ4v) is 2.33. The molecule has 0 aliphatic rings. The molecule has 0 aromatic carbocycles. The lowest BCUT2D eigenvalue weighted by atomic mass is 10.2. The maximum absolute atomic E-state index is 11.8. The van der Waals surface area contributed by atoms with E-state index in [1.54, 1.807) is 18.3 Å². The van der Waals surface area contributed by atoms with E-state index in [1.807, 2.05) is 6.07 Å². The van der Waals surface area contributed by atoms with Crippen LogP contribution in [0.1, 0.15) is 15.2 Å². The van der Waals surface area contributed by atoms with E-state index < -0.39 is 0 Å². The third-order valence-electron chi connectivity index (χ3n) is 2.15. The number of aromatic nitrogens is 1. The number of nitrogens with two attached hydrogens (primary N) is 1. The van der Waals surface area contributed by atoms with Gasteiger partial charge in [-0.15, -0.1) is 11.3 Å². The fourth-order valence-electron chi connectivity index (χ4n) is 1.30. The number of carbonyl (C=O) groups excluding carboxylic acids is 1. The summed E-state index contributed by atoms with van der Waals surface area (Å²) in [4.78, 5) is 16.6. The summed E-state index contributed by atoms with van der Waals surface area (Å²) in [6.07, 6.45) is 3.00. The third kappa shape index (κ3) is 2.95. The highest BCUT2D eigenvalue weighted by Crippen LogP contribution is 2.21. The van der Waals surface area contributed by atoms with Gasteiger partial charge in [-0.3, -0.25) is 9.78 Å². The highest BCUT2D eigenvalue weighted by molar-refractivity contribution is 7.16. The lowest BCUT2D eigenvalue weighted by Crippen LogP contribution is -2.23. The number of halogens is 1. The maximum Gasteiger partial charge on any atom is 0.255 e. The number of hydrogen-bond donors (Lipinski definition) is 2. The Labute approximate surface area is 107 Å². The Morgan fingerprint density at radius 3 is 2.94 bits per heavy atom. The molecule has 0 saturated carbocycles. The van der Waals surface area contributed by atoms with Crippen molar-refractivity contribution in [2.24, 2.45) is 0 Å². The van der Waals surface area contributed by atoms with Gasteiger partial charge in [-0.2, -0.15) is 0 Å². The SMILES string of the molecule is Nc1ccncc1C(=O)NCc1ccc(Cl)s1. The average Bonchev–Trinajstić information content (AvgIpc) is 2.73. The molecule has 0 atom stereocenters. The topological polar surface area (TPSA) is 68.0 Å². The number of anilines is 1. The first kappa shape index (κ1) is 11.9. The fraction of sp³-hybridized carbons (Fsp3) is 0.0909. The van der Waals surface area contributed by atoms with Gasteiger partial charge in [0.15, 0.2) is 0 Å². The summed E-state index contributed by atoms with van der Waals surface area (Å²) in [5.74, 6) is -0.236. The van der Waals surface area contributed by atoms with E-state index in [0.29, 0.717) is 22.1 Å². The molecule has 0 radical (unpaired) electrons. The van der Waals surface area contributed by atoms with Crippen molar-refractivity contribution in [3.05, 3.63) is 45.4 Å². The van der Waals surface area contributed by atoms with Crippen molar-refractivity contribution in [2.75, 3.05) is 5.73 Å². The highest BCUT2D eigenvalue weighted by Gasteiger charge is 2.09. The van der Waals surface area contributed by atoms with Crippen molar-refractivity contribution in [2.45, 2.75) is 6.54 Å². The van der Waals surface area contributed by atoms with Crippen LogP contribution in [0.5, 0.6) is 0 Å². The largest absolute Gasteiger partial charge is 0.398 e. The zero-order valence-electron chi connectivity index (χ0n) is 8.81. The van der Waals surface area contributed by atoms with E-state index in [1.165, 1.54) is 17.5 Å². The van der Waals surface area contributed by atoms with Gasteiger partial charge in [-0.25, -0.2) is 0 Å². The molecular weight excluding hydrogens is 258 g/mol. The van der Waals surface area contributed by atoms with Crippen molar-refractivity contribution in [3.63, 3.8) is 0 Å². The van der Waals surface area contributed by atoms with Crippen LogP contribution in [-0.4, -0.2) is 10.9 Å². The van der Waals surface area contributed by atoms with Gasteiger partial charge in [0.25, 0.3) is 5.91 Å². The molecule has 2 heterocycles. The molecule has 4 nitrogen and oxygen atoms in total. The highest BCUT2D eigenvalue weighted by atomic mass is 35.5. The van der Waals surface area contributed by atoms with Crippen LogP contribution in [0.3, 0.4) is 0 Å². The van der Waals surface area contributed by atoms with Crippen molar-refractivity contribution >= 4 is 34.5 Å². The molecular formula is C11H10ClN3OS. The second-order valence-corrected chi connectivity index (χ2v) is 5.15. The van der Waals surface area contributed by atoms with Gasteiger partial charge in [0.1, 0.15) is 0 Å². The van der Waals surface area contributed by atoms with Gasteiger partial charge in [0, 0.05) is 23.0 Å². The van der Waals surface area contributed by atoms with Crippen LogP contribution < -0.4 is 11.1 Å². The molecule has 0 saturated heterocycles. The van der Waals surface area contributed by atoms with Crippen molar-refractivity contribution < 1.29 is 4.79 Å². The number of rotatable bonds is 3. The minimum absolute atomic E-state index is 0.236. The van der Waals surface area contributed by atoms with Crippen molar-refractivity contribution in [1.29, 1.82) is 0 Å². The number of nitrogens with one attached hydrogen (secondary N) is 1. The second-order valence-electron chi connectivity index (χ2n) is 3.35. The van der Waals surface area contributed by atoms with Gasteiger partial charge in [0.05, 0.1) is 16.4 Å². The molecule has 2 aromatic heterocycles. The van der Waals surface area contributed by atoms with E-state index in [2.05, 4.69) is 10.3 Å². The average molecular weight is 268 g/mol. The molecule has 17 heavy (non-hydrogen) atoms. The summed E-state index contributed by atoms with van der Waals surface area (Å²) in [5.41, 5.74) is 6.48. The molecule has 2 aromatic rings. The standard InChI is InChI=1S/C11H10ClN3OS/c12-10-2-1-7(17-10)5-15-11(16)8-6-14-4-3-9(8)13/h1-4,6H,5H2,(H2,13,14)(H,15,16). The molecule has 0 fully saturated rings. The first-order valence-corrected chi connectivity index (χ1v) is 6.08. The molecule has 0 bridgehead atoms.